The third-order valence-corrected chi connectivity index (χ3v) is 6.23. The SMILES string of the molecule is COc1ccc(C(=O)NC(C)c2nc3ccccc3n2Cc2ccc(C(C)(C)C)cc2)cc1OC. The van der Waals surface area contributed by atoms with Gasteiger partial charge in [-0.3, -0.25) is 4.79 Å². The third-order valence-electron chi connectivity index (χ3n) is 6.23. The van der Waals surface area contributed by atoms with Crippen LogP contribution in [0.2, 0.25) is 0 Å². The first kappa shape index (κ1) is 24.3. The van der Waals surface area contributed by atoms with Crippen molar-refractivity contribution in [2.24, 2.45) is 0 Å². The first-order valence-corrected chi connectivity index (χ1v) is 11.8. The molecule has 4 rings (SSSR count). The number of ether oxygens (including phenoxy) is 2. The first-order chi connectivity index (χ1) is 16.7. The molecule has 1 atom stereocenters. The van der Waals surface area contributed by atoms with E-state index < -0.39 is 0 Å². The summed E-state index contributed by atoms with van der Waals surface area (Å²) < 4.78 is 12.8. The number of methoxy groups -OCH3 is 2. The van der Waals surface area contributed by atoms with Crippen LogP contribution in [-0.4, -0.2) is 29.7 Å². The lowest BCUT2D eigenvalue weighted by Gasteiger charge is -2.20. The number of hydrogen-bond acceptors (Lipinski definition) is 4. The average Bonchev–Trinajstić information content (AvgIpc) is 3.21. The average molecular weight is 472 g/mol. The maximum Gasteiger partial charge on any atom is 0.251 e. The Morgan fingerprint density at radius 3 is 2.31 bits per heavy atom. The van der Waals surface area contributed by atoms with E-state index in [9.17, 15) is 4.79 Å². The van der Waals surface area contributed by atoms with Crippen molar-refractivity contribution in [3.63, 3.8) is 0 Å². The van der Waals surface area contributed by atoms with E-state index in [2.05, 4.69) is 61.0 Å². The molecule has 0 saturated heterocycles. The zero-order valence-electron chi connectivity index (χ0n) is 21.3. The van der Waals surface area contributed by atoms with Gasteiger partial charge in [-0.25, -0.2) is 4.98 Å². The van der Waals surface area contributed by atoms with Crippen LogP contribution in [-0.2, 0) is 12.0 Å². The van der Waals surface area contributed by atoms with Gasteiger partial charge in [0.1, 0.15) is 5.82 Å². The summed E-state index contributed by atoms with van der Waals surface area (Å²) in [4.78, 5) is 17.9. The Balaban J connectivity index is 1.63. The number of aromatic nitrogens is 2. The first-order valence-electron chi connectivity index (χ1n) is 11.8. The number of rotatable bonds is 7. The number of imidazole rings is 1. The minimum Gasteiger partial charge on any atom is -0.493 e. The van der Waals surface area contributed by atoms with Gasteiger partial charge in [0.2, 0.25) is 0 Å². The van der Waals surface area contributed by atoms with E-state index in [0.29, 0.717) is 23.6 Å². The number of para-hydroxylation sites is 2. The van der Waals surface area contributed by atoms with Gasteiger partial charge in [0.05, 0.1) is 31.3 Å². The van der Waals surface area contributed by atoms with Gasteiger partial charge in [-0.15, -0.1) is 0 Å². The molecular formula is C29H33N3O3. The maximum absolute atomic E-state index is 13.1. The van der Waals surface area contributed by atoms with Crippen molar-refractivity contribution in [1.29, 1.82) is 0 Å². The predicted molar refractivity (Wildman–Crippen MR) is 139 cm³/mol. The van der Waals surface area contributed by atoms with Gasteiger partial charge >= 0.3 is 0 Å². The van der Waals surface area contributed by atoms with Crippen LogP contribution in [0.4, 0.5) is 0 Å². The number of carbonyl (C=O) groups excluding carboxylic acids is 1. The fourth-order valence-electron chi connectivity index (χ4n) is 4.21. The molecule has 1 N–H and O–H groups in total. The molecule has 1 amide bonds. The number of nitrogens with zero attached hydrogens (tertiary/aromatic N) is 2. The standard InChI is InChI=1S/C29H33N3O3/c1-19(30-28(33)21-13-16-25(34-5)26(17-21)35-6)27-31-23-9-7-8-10-24(23)32(27)18-20-11-14-22(15-12-20)29(2,3)4/h7-17,19H,18H2,1-6H3,(H,30,33). The van der Waals surface area contributed by atoms with Gasteiger partial charge in [-0.05, 0) is 53.8 Å². The van der Waals surface area contributed by atoms with Crippen LogP contribution in [0, 0.1) is 0 Å². The Bertz CT molecular complexity index is 1330. The van der Waals surface area contributed by atoms with Gasteiger partial charge in [0.25, 0.3) is 5.91 Å². The Hall–Kier alpha value is -3.80. The molecule has 0 radical (unpaired) electrons. The van der Waals surface area contributed by atoms with Crippen molar-refractivity contribution in [3.05, 3.63) is 89.2 Å². The zero-order valence-corrected chi connectivity index (χ0v) is 21.3. The Morgan fingerprint density at radius 1 is 0.971 bits per heavy atom. The van der Waals surface area contributed by atoms with Crippen molar-refractivity contribution in [2.75, 3.05) is 14.2 Å². The minimum atomic E-state index is -0.308. The molecule has 0 aliphatic heterocycles. The summed E-state index contributed by atoms with van der Waals surface area (Å²) in [6.45, 7) is 9.26. The highest BCUT2D eigenvalue weighted by molar-refractivity contribution is 5.95. The molecule has 0 bridgehead atoms. The molecule has 1 aromatic heterocycles. The lowest BCUT2D eigenvalue weighted by Crippen LogP contribution is -2.29. The molecule has 1 unspecified atom stereocenters. The van der Waals surface area contributed by atoms with Crippen LogP contribution in [0.15, 0.2) is 66.7 Å². The molecule has 6 heteroatoms. The highest BCUT2D eigenvalue weighted by Crippen LogP contribution is 2.28. The van der Waals surface area contributed by atoms with E-state index in [1.807, 2.05) is 25.1 Å². The van der Waals surface area contributed by atoms with Crippen LogP contribution in [0.1, 0.15) is 61.0 Å². The van der Waals surface area contributed by atoms with E-state index in [4.69, 9.17) is 14.5 Å². The third kappa shape index (κ3) is 5.16. The molecule has 0 aliphatic carbocycles. The maximum atomic E-state index is 13.1. The largest absolute Gasteiger partial charge is 0.493 e. The van der Waals surface area contributed by atoms with E-state index in [-0.39, 0.29) is 17.4 Å². The Kier molecular flexibility index (Phi) is 6.83. The molecule has 0 spiro atoms. The predicted octanol–water partition coefficient (Wildman–Crippen LogP) is 5.89. The Labute approximate surface area is 206 Å². The molecule has 0 aliphatic rings. The quantitative estimate of drug-likeness (QED) is 0.365. The van der Waals surface area contributed by atoms with Crippen LogP contribution < -0.4 is 14.8 Å². The van der Waals surface area contributed by atoms with E-state index in [0.717, 1.165) is 16.9 Å². The number of amides is 1. The second-order valence-corrected chi connectivity index (χ2v) is 9.76. The smallest absolute Gasteiger partial charge is 0.251 e. The summed E-state index contributed by atoms with van der Waals surface area (Å²) in [6, 6.07) is 21.6. The number of carbonyl (C=O) groups is 1. The van der Waals surface area contributed by atoms with Crippen molar-refractivity contribution in [2.45, 2.75) is 45.7 Å². The molecule has 6 nitrogen and oxygen atoms in total. The molecule has 1 heterocycles. The molecule has 182 valence electrons. The molecule has 3 aromatic carbocycles. The van der Waals surface area contributed by atoms with Gasteiger partial charge in [-0.2, -0.15) is 0 Å². The van der Waals surface area contributed by atoms with Gasteiger partial charge in [0.15, 0.2) is 11.5 Å². The molecule has 35 heavy (non-hydrogen) atoms. The van der Waals surface area contributed by atoms with Crippen LogP contribution in [0.5, 0.6) is 11.5 Å². The van der Waals surface area contributed by atoms with Crippen LogP contribution in [0.25, 0.3) is 11.0 Å². The molecule has 0 saturated carbocycles. The molecule has 4 aromatic rings. The minimum absolute atomic E-state index is 0.105. The van der Waals surface area contributed by atoms with E-state index >= 15 is 0 Å². The summed E-state index contributed by atoms with van der Waals surface area (Å²) in [5, 5.41) is 3.10. The van der Waals surface area contributed by atoms with Crippen LogP contribution in [0.3, 0.4) is 0 Å². The number of nitrogens with one attached hydrogen (secondary N) is 1. The van der Waals surface area contributed by atoms with Crippen molar-refractivity contribution < 1.29 is 14.3 Å². The van der Waals surface area contributed by atoms with Crippen molar-refractivity contribution in [3.8, 4) is 11.5 Å². The van der Waals surface area contributed by atoms with Gasteiger partial charge in [0, 0.05) is 12.1 Å². The van der Waals surface area contributed by atoms with E-state index in [1.165, 1.54) is 11.1 Å². The van der Waals surface area contributed by atoms with Crippen molar-refractivity contribution in [1.82, 2.24) is 14.9 Å². The second-order valence-electron chi connectivity index (χ2n) is 9.76. The fourth-order valence-corrected chi connectivity index (χ4v) is 4.21. The number of hydrogen-bond donors (Lipinski definition) is 1. The lowest BCUT2D eigenvalue weighted by atomic mass is 9.87. The zero-order chi connectivity index (χ0) is 25.2. The Morgan fingerprint density at radius 2 is 1.66 bits per heavy atom. The molecule has 0 fully saturated rings. The van der Waals surface area contributed by atoms with Gasteiger partial charge < -0.3 is 19.4 Å². The summed E-state index contributed by atoms with van der Waals surface area (Å²) in [6.07, 6.45) is 0. The number of benzene rings is 3. The summed E-state index contributed by atoms with van der Waals surface area (Å²) in [7, 11) is 3.12. The van der Waals surface area contributed by atoms with Crippen molar-refractivity contribution >= 4 is 16.9 Å². The highest BCUT2D eigenvalue weighted by atomic mass is 16.5. The summed E-state index contributed by atoms with van der Waals surface area (Å²) in [5.74, 6) is 1.70. The topological polar surface area (TPSA) is 65.4 Å². The summed E-state index contributed by atoms with van der Waals surface area (Å²) in [5.41, 5.74) is 5.02. The number of fused-ring (bicyclic) bond motifs is 1. The van der Waals surface area contributed by atoms with E-state index in [1.54, 1.807) is 32.4 Å². The normalized spacial score (nSPS) is 12.4. The lowest BCUT2D eigenvalue weighted by molar-refractivity contribution is 0.0937. The molecular weight excluding hydrogens is 438 g/mol. The second kappa shape index (κ2) is 9.82. The fraction of sp³-hybridized carbons (Fsp3) is 0.310. The van der Waals surface area contributed by atoms with Crippen LogP contribution >= 0.6 is 0 Å². The monoisotopic (exact) mass is 471 g/mol. The van der Waals surface area contributed by atoms with Gasteiger partial charge in [-0.1, -0.05) is 57.2 Å². The summed E-state index contributed by atoms with van der Waals surface area (Å²) >= 11 is 0. The highest BCUT2D eigenvalue weighted by Gasteiger charge is 2.20.